The van der Waals surface area contributed by atoms with Crippen molar-refractivity contribution in [3.8, 4) is 56.8 Å². The normalized spacial score (nSPS) is 12.0. The smallest absolute Gasteiger partial charge is 0.313 e. The van der Waals surface area contributed by atoms with Crippen molar-refractivity contribution in [3.05, 3.63) is 84.4 Å². The highest BCUT2D eigenvalue weighted by Crippen LogP contribution is 2.57. The first-order chi connectivity index (χ1) is 23.3. The van der Waals surface area contributed by atoms with E-state index in [1.54, 1.807) is 0 Å². The molecule has 0 aromatic heterocycles. The van der Waals surface area contributed by atoms with Crippen LogP contribution in [0.25, 0.3) is 22.3 Å². The van der Waals surface area contributed by atoms with Crippen LogP contribution in [0.15, 0.2) is 78.9 Å². The Morgan fingerprint density at radius 2 is 0.959 bits per heavy atom. The topological polar surface area (TPSA) is 186 Å². The monoisotopic (exact) mass is 672 g/mol. The molecule has 0 fully saturated rings. The number of aryl methyl sites for hydroxylation is 1. The molecule has 256 valence electrons. The zero-order valence-electron chi connectivity index (χ0n) is 27.0. The predicted molar refractivity (Wildman–Crippen MR) is 176 cm³/mol. The minimum Gasteiger partial charge on any atom is -0.508 e. The highest BCUT2D eigenvalue weighted by Gasteiger charge is 2.35. The highest BCUT2D eigenvalue weighted by atomic mass is 16.6. The van der Waals surface area contributed by atoms with Gasteiger partial charge in [-0.15, -0.1) is 0 Å². The molecule has 2 atom stereocenters. The Morgan fingerprint density at radius 1 is 0.571 bits per heavy atom. The maximum Gasteiger partial charge on any atom is 0.313 e. The number of carbonyl (C=O) groups excluding carboxylic acids is 4. The van der Waals surface area contributed by atoms with E-state index in [9.17, 15) is 39.6 Å². The van der Waals surface area contributed by atoms with Crippen LogP contribution in [0.2, 0.25) is 0 Å². The summed E-state index contributed by atoms with van der Waals surface area (Å²) in [6.45, 7) is 3.81. The van der Waals surface area contributed by atoms with Crippen LogP contribution in [0, 0.1) is 0 Å². The zero-order chi connectivity index (χ0) is 35.7. The Hall–Kier alpha value is -5.72. The molecule has 0 aliphatic rings. The number of benzene rings is 4. The van der Waals surface area contributed by atoms with E-state index in [1.807, 2.05) is 30.3 Å². The van der Waals surface area contributed by atoms with Crippen LogP contribution in [-0.2, 0) is 25.6 Å². The van der Waals surface area contributed by atoms with Crippen LogP contribution < -0.4 is 18.9 Å². The number of aromatic hydroxyl groups is 2. The molecule has 12 nitrogen and oxygen atoms in total. The summed E-state index contributed by atoms with van der Waals surface area (Å²) < 4.78 is 23.2. The van der Waals surface area contributed by atoms with Gasteiger partial charge in [0.15, 0.2) is 23.0 Å². The van der Waals surface area contributed by atoms with E-state index in [0.717, 1.165) is 12.5 Å². The summed E-state index contributed by atoms with van der Waals surface area (Å²) in [6.07, 6.45) is -3.10. The van der Waals surface area contributed by atoms with Crippen molar-refractivity contribution >= 4 is 23.9 Å². The third kappa shape index (κ3) is 9.89. The van der Waals surface area contributed by atoms with E-state index in [1.165, 1.54) is 62.4 Å². The maximum absolute atomic E-state index is 13.6. The van der Waals surface area contributed by atoms with Crippen LogP contribution >= 0.6 is 0 Å². The summed E-state index contributed by atoms with van der Waals surface area (Å²) >= 11 is 0. The average molecular weight is 673 g/mol. The molecule has 0 radical (unpaired) electrons. The van der Waals surface area contributed by atoms with Crippen molar-refractivity contribution in [2.45, 2.75) is 58.7 Å². The number of phenols is 2. The fraction of sp³-hybridized carbons (Fsp3) is 0.243. The summed E-state index contributed by atoms with van der Waals surface area (Å²) in [4.78, 5) is 52.5. The molecule has 0 bridgehead atoms. The average Bonchev–Trinajstić information content (AvgIpc) is 3.03. The van der Waals surface area contributed by atoms with Crippen LogP contribution in [0.4, 0.5) is 0 Å². The molecule has 4 aromatic carbocycles. The Morgan fingerprint density at radius 3 is 1.35 bits per heavy atom. The van der Waals surface area contributed by atoms with E-state index in [4.69, 9.17) is 18.9 Å². The molecule has 0 heterocycles. The molecule has 4 rings (SSSR count). The zero-order valence-corrected chi connectivity index (χ0v) is 27.0. The number of aliphatic hydroxyl groups excluding tert-OH is 2. The molecule has 4 N–H and O–H groups in total. The van der Waals surface area contributed by atoms with Crippen molar-refractivity contribution in [1.29, 1.82) is 0 Å². The first kappa shape index (κ1) is 36.1. The van der Waals surface area contributed by atoms with E-state index < -0.39 is 71.9 Å². The second-order valence-corrected chi connectivity index (χ2v) is 11.3. The number of hydrogen-bond acceptors (Lipinski definition) is 12. The van der Waals surface area contributed by atoms with Crippen molar-refractivity contribution in [2.75, 3.05) is 0 Å². The van der Waals surface area contributed by atoms with Crippen molar-refractivity contribution in [1.82, 2.24) is 0 Å². The summed E-state index contributed by atoms with van der Waals surface area (Å²) in [7, 11) is 0. The largest absolute Gasteiger partial charge is 0.508 e. The van der Waals surface area contributed by atoms with Gasteiger partial charge in [0.2, 0.25) is 0 Å². The molecular weight excluding hydrogens is 636 g/mol. The molecule has 0 amide bonds. The lowest BCUT2D eigenvalue weighted by atomic mass is 9.94. The number of hydrogen-bond donors (Lipinski definition) is 4. The molecule has 12 heteroatoms. The maximum atomic E-state index is 13.6. The van der Waals surface area contributed by atoms with Gasteiger partial charge < -0.3 is 39.4 Å². The van der Waals surface area contributed by atoms with Gasteiger partial charge >= 0.3 is 23.9 Å². The number of rotatable bonds is 13. The number of aliphatic hydroxyl groups is 2. The quantitative estimate of drug-likeness (QED) is 0.107. The summed E-state index contributed by atoms with van der Waals surface area (Å²) in [5.41, 5.74) is 0.820. The third-order valence-corrected chi connectivity index (χ3v) is 6.91. The van der Waals surface area contributed by atoms with Crippen LogP contribution in [0.3, 0.4) is 0 Å². The van der Waals surface area contributed by atoms with E-state index in [2.05, 4.69) is 0 Å². The molecular formula is C37H36O12. The first-order valence-corrected chi connectivity index (χ1v) is 15.4. The van der Waals surface area contributed by atoms with Gasteiger partial charge in [-0.25, -0.2) is 0 Å². The number of phenolic OH excluding ortho intramolecular Hbond substituents is 2. The fourth-order valence-corrected chi connectivity index (χ4v) is 4.82. The second-order valence-electron chi connectivity index (χ2n) is 11.3. The lowest BCUT2D eigenvalue weighted by Gasteiger charge is -2.25. The second kappa shape index (κ2) is 16.4. The van der Waals surface area contributed by atoms with E-state index in [0.29, 0.717) is 0 Å². The van der Waals surface area contributed by atoms with Crippen LogP contribution in [0.1, 0.15) is 45.6 Å². The van der Waals surface area contributed by atoms with Gasteiger partial charge in [-0.3, -0.25) is 19.2 Å². The van der Waals surface area contributed by atoms with Crippen molar-refractivity contribution in [2.24, 2.45) is 0 Å². The number of carbonyl (C=O) groups is 4. The molecule has 0 aliphatic heterocycles. The predicted octanol–water partition coefficient (Wildman–Crippen LogP) is 5.25. The van der Waals surface area contributed by atoms with Gasteiger partial charge in [-0.2, -0.15) is 0 Å². The highest BCUT2D eigenvalue weighted by molar-refractivity contribution is 5.98. The molecule has 0 saturated carbocycles. The van der Waals surface area contributed by atoms with Gasteiger partial charge in [-0.05, 0) is 61.2 Å². The fourth-order valence-electron chi connectivity index (χ4n) is 4.82. The summed E-state index contributed by atoms with van der Waals surface area (Å²) in [6, 6.07) is 19.9. The summed E-state index contributed by atoms with van der Waals surface area (Å²) in [5, 5.41) is 40.0. The SMILES string of the molecule is CC(=O)Oc1c(OC(=O)C[C@H](C)O)c(-c2ccc(O)cc2)c(OC(=O)CCc2ccccc2)c(OC(=O)C[C@H](C)O)c1-c1ccc(O)cc1. The Labute approximate surface area is 282 Å². The van der Waals surface area contributed by atoms with Crippen molar-refractivity contribution < 1.29 is 58.6 Å². The Kier molecular flexibility index (Phi) is 12.1. The van der Waals surface area contributed by atoms with Gasteiger partial charge in [0.25, 0.3) is 0 Å². The molecule has 0 unspecified atom stereocenters. The van der Waals surface area contributed by atoms with E-state index >= 15 is 0 Å². The van der Waals surface area contributed by atoms with Crippen LogP contribution in [0.5, 0.6) is 34.5 Å². The third-order valence-electron chi connectivity index (χ3n) is 6.91. The Balaban J connectivity index is 2.11. The first-order valence-electron chi connectivity index (χ1n) is 15.4. The summed E-state index contributed by atoms with van der Waals surface area (Å²) in [5.74, 6) is -5.56. The minimum absolute atomic E-state index is 0.137. The molecule has 4 aromatic rings. The van der Waals surface area contributed by atoms with Gasteiger partial charge in [0.1, 0.15) is 11.5 Å². The van der Waals surface area contributed by atoms with E-state index in [-0.39, 0.29) is 46.6 Å². The van der Waals surface area contributed by atoms with Gasteiger partial charge in [-0.1, -0.05) is 54.6 Å². The van der Waals surface area contributed by atoms with Crippen LogP contribution in [-0.4, -0.2) is 56.5 Å². The minimum atomic E-state index is -1.13. The lowest BCUT2D eigenvalue weighted by molar-refractivity contribution is -0.138. The molecule has 0 spiro atoms. The number of ether oxygens (including phenoxy) is 4. The molecule has 0 aliphatic carbocycles. The molecule has 0 saturated heterocycles. The van der Waals surface area contributed by atoms with Gasteiger partial charge in [0, 0.05) is 13.3 Å². The van der Waals surface area contributed by atoms with Crippen molar-refractivity contribution in [3.63, 3.8) is 0 Å². The molecule has 49 heavy (non-hydrogen) atoms. The number of esters is 4. The van der Waals surface area contributed by atoms with Gasteiger partial charge in [0.05, 0.1) is 36.2 Å². The Bertz CT molecular complexity index is 1790. The standard InChI is InChI=1S/C37H36O12/c1-21(38)19-30(44)48-35-33(26-12-16-28(42)17-13-26)36(47-29(43)18-9-24-7-5-4-6-8-24)37(49-31(45)20-22(2)39)32(34(35)46-23(3)40)25-10-14-27(41)15-11-25/h4-8,10-17,21-22,38-39,41-42H,9,18-20H2,1-3H3/t21-,22-/m0/s1. The lowest BCUT2D eigenvalue weighted by Crippen LogP contribution is -2.20.